The smallest absolute Gasteiger partial charge is 0.303 e. The molecular weight excluding hydrogens is 616 g/mol. The highest BCUT2D eigenvalue weighted by Gasteiger charge is 2.51. The number of carboxylic acids is 1. The lowest BCUT2D eigenvalue weighted by Crippen LogP contribution is -2.46. The molecule has 3 N–H and O–H groups in total. The molecule has 6 atom stereocenters. The second kappa shape index (κ2) is 14.7. The van der Waals surface area contributed by atoms with Crippen molar-refractivity contribution in [3.8, 4) is 11.1 Å². The van der Waals surface area contributed by atoms with Gasteiger partial charge in [0.1, 0.15) is 0 Å². The molecule has 49 heavy (non-hydrogen) atoms. The molecule has 262 valence electrons. The van der Waals surface area contributed by atoms with E-state index in [1.807, 2.05) is 24.3 Å². The molecule has 3 aromatic rings. The van der Waals surface area contributed by atoms with Gasteiger partial charge in [-0.25, -0.2) is 0 Å². The lowest BCUT2D eigenvalue weighted by molar-refractivity contribution is -0.276. The molecular formula is C41H52N2O6. The monoisotopic (exact) mass is 668 g/mol. The van der Waals surface area contributed by atoms with Crippen LogP contribution in [0.4, 0.5) is 0 Å². The number of hydrogen-bond donors (Lipinski definition) is 3. The third-order valence-electron chi connectivity index (χ3n) is 10.8. The minimum absolute atomic E-state index is 0.00914. The maximum atomic E-state index is 12.2. The van der Waals surface area contributed by atoms with Crippen molar-refractivity contribution in [3.63, 3.8) is 0 Å². The molecule has 2 aliphatic heterocycles. The van der Waals surface area contributed by atoms with Crippen molar-refractivity contribution >= 4 is 11.9 Å². The first-order valence-electron chi connectivity index (χ1n) is 17.8. The van der Waals surface area contributed by atoms with Gasteiger partial charge in [-0.05, 0) is 70.4 Å². The number of likely N-dealkylation sites (tertiary alicyclic amines) is 1. The van der Waals surface area contributed by atoms with Crippen LogP contribution in [0.15, 0.2) is 72.8 Å². The average Bonchev–Trinajstić information content (AvgIpc) is 3.31. The Morgan fingerprint density at radius 3 is 2.35 bits per heavy atom. The number of carbonyl (C=O) groups is 2. The van der Waals surface area contributed by atoms with Crippen LogP contribution in [-0.4, -0.2) is 52.2 Å². The van der Waals surface area contributed by atoms with E-state index in [1.165, 1.54) is 19.3 Å². The average molecular weight is 669 g/mol. The molecule has 6 unspecified atom stereocenters. The summed E-state index contributed by atoms with van der Waals surface area (Å²) in [4.78, 5) is 25.6. The Balaban J connectivity index is 1.17. The third-order valence-corrected chi connectivity index (χ3v) is 10.8. The molecule has 2 bridgehead atoms. The summed E-state index contributed by atoms with van der Waals surface area (Å²) in [5, 5.41) is 21.3. The van der Waals surface area contributed by atoms with Crippen LogP contribution >= 0.6 is 0 Å². The zero-order valence-electron chi connectivity index (χ0n) is 29.4. The zero-order valence-corrected chi connectivity index (χ0v) is 29.4. The minimum atomic E-state index is -0.890. The number of carbonyl (C=O) groups excluding carboxylic acids is 1. The highest BCUT2D eigenvalue weighted by molar-refractivity contribution is 5.76. The summed E-state index contributed by atoms with van der Waals surface area (Å²) in [5.74, 6) is -0.902. The van der Waals surface area contributed by atoms with Crippen molar-refractivity contribution in [1.82, 2.24) is 10.2 Å². The minimum Gasteiger partial charge on any atom is -0.481 e. The molecule has 3 fully saturated rings. The van der Waals surface area contributed by atoms with Crippen molar-refractivity contribution in [2.75, 3.05) is 13.1 Å². The second-order valence-electron chi connectivity index (χ2n) is 15.8. The van der Waals surface area contributed by atoms with Gasteiger partial charge in [-0.1, -0.05) is 94.4 Å². The van der Waals surface area contributed by atoms with Gasteiger partial charge in [0, 0.05) is 50.0 Å². The van der Waals surface area contributed by atoms with E-state index in [9.17, 15) is 14.7 Å². The number of benzene rings is 3. The number of rotatable bonds is 12. The number of aliphatic hydroxyl groups is 1. The fourth-order valence-electron chi connectivity index (χ4n) is 8.73. The SMILES string of the molecule is CC1C(CN2CC3(C)CC2CC(C)(C)C3)OC(c2ccc(-c3cccc(CNC(=O)CCCC(=O)O)c3)cc2)OC1c1ccc(CO)cc1. The van der Waals surface area contributed by atoms with Gasteiger partial charge in [-0.2, -0.15) is 0 Å². The number of nitrogens with zero attached hydrogens (tertiary/aromatic N) is 1. The van der Waals surface area contributed by atoms with E-state index in [0.29, 0.717) is 29.8 Å². The van der Waals surface area contributed by atoms with Crippen molar-refractivity contribution < 1.29 is 29.3 Å². The molecule has 8 nitrogen and oxygen atoms in total. The van der Waals surface area contributed by atoms with Crippen LogP contribution in [0.25, 0.3) is 11.1 Å². The van der Waals surface area contributed by atoms with Crippen LogP contribution in [0, 0.1) is 16.7 Å². The van der Waals surface area contributed by atoms with Crippen molar-refractivity contribution in [1.29, 1.82) is 0 Å². The first-order valence-corrected chi connectivity index (χ1v) is 17.8. The normalized spacial score (nSPS) is 27.9. The van der Waals surface area contributed by atoms with Crippen LogP contribution < -0.4 is 5.32 Å². The third kappa shape index (κ3) is 8.61. The van der Waals surface area contributed by atoms with Crippen molar-refractivity contribution in [3.05, 3.63) is 95.1 Å². The van der Waals surface area contributed by atoms with Crippen LogP contribution in [0.2, 0.25) is 0 Å². The number of ether oxygens (including phenoxy) is 2. The summed E-state index contributed by atoms with van der Waals surface area (Å²) in [6, 6.07) is 25.1. The molecule has 0 aromatic heterocycles. The molecule has 6 rings (SSSR count). The lowest BCUT2D eigenvalue weighted by Gasteiger charge is -2.43. The summed E-state index contributed by atoms with van der Waals surface area (Å²) in [7, 11) is 0. The fourth-order valence-corrected chi connectivity index (χ4v) is 8.73. The van der Waals surface area contributed by atoms with Crippen LogP contribution in [0.5, 0.6) is 0 Å². The van der Waals surface area contributed by atoms with Crippen molar-refractivity contribution in [2.24, 2.45) is 16.7 Å². The number of amides is 1. The summed E-state index contributed by atoms with van der Waals surface area (Å²) in [5.41, 5.74) is 6.72. The Morgan fingerprint density at radius 1 is 0.898 bits per heavy atom. The Kier molecular flexibility index (Phi) is 10.6. The predicted molar refractivity (Wildman–Crippen MR) is 189 cm³/mol. The van der Waals surface area contributed by atoms with E-state index in [4.69, 9.17) is 14.6 Å². The molecule has 2 saturated heterocycles. The van der Waals surface area contributed by atoms with Crippen LogP contribution in [0.3, 0.4) is 0 Å². The highest BCUT2D eigenvalue weighted by atomic mass is 16.7. The predicted octanol–water partition coefficient (Wildman–Crippen LogP) is 7.41. The summed E-state index contributed by atoms with van der Waals surface area (Å²) < 4.78 is 13.6. The fraction of sp³-hybridized carbons (Fsp3) is 0.512. The topological polar surface area (TPSA) is 108 Å². The molecule has 3 aliphatic rings. The summed E-state index contributed by atoms with van der Waals surface area (Å²) in [6.45, 7) is 11.9. The Hall–Kier alpha value is -3.56. The summed E-state index contributed by atoms with van der Waals surface area (Å²) >= 11 is 0. The molecule has 3 aromatic carbocycles. The standard InChI is InChI=1S/C41H52N2O6/c1-27-35(23-43-26-41(4)21-34(43)20-40(2,3)25-41)48-39(49-38(27)31-13-11-28(24-44)12-14-31)32-17-15-30(16-18-32)33-8-5-7-29(19-33)22-42-36(45)9-6-10-37(46)47/h5,7-8,11-19,27,34-35,38-39,44H,6,9-10,20-26H2,1-4H3,(H,42,45)(H,46,47). The van der Waals surface area contributed by atoms with Gasteiger partial charge in [0.15, 0.2) is 6.29 Å². The van der Waals surface area contributed by atoms with E-state index in [-0.39, 0.29) is 43.5 Å². The van der Waals surface area contributed by atoms with Gasteiger partial charge >= 0.3 is 5.97 Å². The Morgan fingerprint density at radius 2 is 1.63 bits per heavy atom. The van der Waals surface area contributed by atoms with Gasteiger partial charge in [0.25, 0.3) is 0 Å². The Labute approximate surface area is 290 Å². The maximum absolute atomic E-state index is 12.2. The number of aliphatic hydroxyl groups excluding tert-OH is 1. The zero-order chi connectivity index (χ0) is 34.8. The Bertz CT molecular complexity index is 1600. The quantitative estimate of drug-likeness (QED) is 0.185. The maximum Gasteiger partial charge on any atom is 0.303 e. The molecule has 1 amide bonds. The first-order chi connectivity index (χ1) is 23.4. The van der Waals surface area contributed by atoms with Crippen LogP contribution in [0.1, 0.15) is 101 Å². The number of carboxylic acid groups (broad SMARTS) is 1. The largest absolute Gasteiger partial charge is 0.481 e. The number of nitrogens with one attached hydrogen (secondary N) is 1. The number of fused-ring (bicyclic) bond motifs is 2. The van der Waals surface area contributed by atoms with Gasteiger partial charge in [-0.15, -0.1) is 0 Å². The first kappa shape index (κ1) is 35.3. The lowest BCUT2D eigenvalue weighted by atomic mass is 9.65. The molecule has 8 heteroatoms. The van der Waals surface area contributed by atoms with E-state index < -0.39 is 12.3 Å². The van der Waals surface area contributed by atoms with E-state index in [0.717, 1.165) is 46.5 Å². The van der Waals surface area contributed by atoms with Gasteiger partial charge in [-0.3, -0.25) is 14.5 Å². The molecule has 2 heterocycles. The number of hydrogen-bond acceptors (Lipinski definition) is 6. The molecule has 0 spiro atoms. The van der Waals surface area contributed by atoms with E-state index in [2.05, 4.69) is 86.4 Å². The van der Waals surface area contributed by atoms with E-state index in [1.54, 1.807) is 0 Å². The molecule has 1 saturated carbocycles. The van der Waals surface area contributed by atoms with Crippen LogP contribution in [-0.2, 0) is 32.2 Å². The van der Waals surface area contributed by atoms with Gasteiger partial charge in [0.2, 0.25) is 5.91 Å². The van der Waals surface area contributed by atoms with E-state index >= 15 is 0 Å². The van der Waals surface area contributed by atoms with Gasteiger partial charge in [0.05, 0.1) is 18.8 Å². The summed E-state index contributed by atoms with van der Waals surface area (Å²) in [6.07, 6.45) is 3.57. The molecule has 0 radical (unpaired) electrons. The van der Waals surface area contributed by atoms with Gasteiger partial charge < -0.3 is 25.0 Å². The van der Waals surface area contributed by atoms with Crippen molar-refractivity contribution in [2.45, 2.75) is 104 Å². The highest BCUT2D eigenvalue weighted by Crippen LogP contribution is 2.53. The number of aliphatic carboxylic acids is 1. The second-order valence-corrected chi connectivity index (χ2v) is 15.8. The molecule has 1 aliphatic carbocycles.